The monoisotopic (exact) mass is 295 g/mol. The minimum Gasteiger partial charge on any atom is -0.383 e. The number of benzene rings is 1. The van der Waals surface area contributed by atoms with E-state index in [0.29, 0.717) is 32.0 Å². The van der Waals surface area contributed by atoms with E-state index in [1.54, 1.807) is 19.2 Å². The Morgan fingerprint density at radius 1 is 1.43 bits per heavy atom. The molecule has 1 aromatic rings. The highest BCUT2D eigenvalue weighted by molar-refractivity contribution is 6.00. The molecule has 0 heterocycles. The first kappa shape index (κ1) is 16.9. The van der Waals surface area contributed by atoms with Crippen molar-refractivity contribution in [3.63, 3.8) is 0 Å². The van der Waals surface area contributed by atoms with Crippen LogP contribution in [0.25, 0.3) is 0 Å². The predicted octanol–water partition coefficient (Wildman–Crippen LogP) is 2.14. The highest BCUT2D eigenvalue weighted by atomic mass is 16.6. The van der Waals surface area contributed by atoms with E-state index in [4.69, 9.17) is 4.74 Å². The molecule has 7 heteroatoms. The minimum absolute atomic E-state index is 0.0881. The number of anilines is 1. The summed E-state index contributed by atoms with van der Waals surface area (Å²) in [5.41, 5.74) is 0.219. The Morgan fingerprint density at radius 2 is 2.14 bits per heavy atom. The number of para-hydroxylation sites is 1. The number of carbonyl (C=O) groups is 1. The van der Waals surface area contributed by atoms with E-state index in [1.807, 2.05) is 13.8 Å². The van der Waals surface area contributed by atoms with Crippen molar-refractivity contribution in [1.82, 2.24) is 4.90 Å². The topological polar surface area (TPSA) is 84.7 Å². The maximum Gasteiger partial charge on any atom is 0.305 e. The second kappa shape index (κ2) is 8.21. The maximum atomic E-state index is 12.5. The van der Waals surface area contributed by atoms with E-state index in [9.17, 15) is 14.9 Å². The number of nitrogens with one attached hydrogen (secondary N) is 1. The van der Waals surface area contributed by atoms with Gasteiger partial charge in [-0.05, 0) is 26.0 Å². The van der Waals surface area contributed by atoms with Crippen LogP contribution >= 0.6 is 0 Å². The third-order valence-electron chi connectivity index (χ3n) is 3.10. The van der Waals surface area contributed by atoms with Crippen LogP contribution in [-0.2, 0) is 4.74 Å². The summed E-state index contributed by atoms with van der Waals surface area (Å²) in [6, 6.07) is 4.68. The van der Waals surface area contributed by atoms with Gasteiger partial charge in [-0.1, -0.05) is 6.07 Å². The lowest BCUT2D eigenvalue weighted by Gasteiger charge is -2.21. The fourth-order valence-corrected chi connectivity index (χ4v) is 2.01. The summed E-state index contributed by atoms with van der Waals surface area (Å²) in [6.45, 7) is 5.56. The van der Waals surface area contributed by atoms with Gasteiger partial charge in [0, 0.05) is 26.7 Å². The van der Waals surface area contributed by atoms with Gasteiger partial charge in [-0.3, -0.25) is 14.9 Å². The number of rotatable bonds is 8. The summed E-state index contributed by atoms with van der Waals surface area (Å²) in [5, 5.41) is 14.0. The van der Waals surface area contributed by atoms with Crippen LogP contribution in [0.2, 0.25) is 0 Å². The summed E-state index contributed by atoms with van der Waals surface area (Å²) < 4.78 is 5.23. The van der Waals surface area contributed by atoms with E-state index < -0.39 is 4.92 Å². The molecule has 0 saturated carbocycles. The van der Waals surface area contributed by atoms with Crippen LogP contribution in [0, 0.1) is 10.1 Å². The van der Waals surface area contributed by atoms with Crippen molar-refractivity contribution >= 4 is 17.3 Å². The van der Waals surface area contributed by atoms with Gasteiger partial charge < -0.3 is 15.0 Å². The lowest BCUT2D eigenvalue weighted by Crippen LogP contribution is -2.34. The molecular weight excluding hydrogens is 274 g/mol. The van der Waals surface area contributed by atoms with Crippen molar-refractivity contribution in [2.24, 2.45) is 0 Å². The SMILES string of the molecule is CCOCCN(CC)C(=O)c1cccc(NC)c1[N+](=O)[O-]. The standard InChI is InChI=1S/C14H21N3O4/c1-4-16(9-10-21-5-2)14(18)11-7-6-8-12(15-3)13(11)17(19)20/h6-8,15H,4-5,9-10H2,1-3H3. The minimum atomic E-state index is -0.532. The van der Waals surface area contributed by atoms with Crippen LogP contribution in [0.1, 0.15) is 24.2 Å². The van der Waals surface area contributed by atoms with Crippen LogP contribution in [0.3, 0.4) is 0 Å². The Bertz CT molecular complexity index is 505. The fraction of sp³-hybridized carbons (Fsp3) is 0.500. The first-order chi connectivity index (χ1) is 10.1. The van der Waals surface area contributed by atoms with E-state index in [1.165, 1.54) is 11.0 Å². The van der Waals surface area contributed by atoms with Crippen molar-refractivity contribution in [1.29, 1.82) is 0 Å². The van der Waals surface area contributed by atoms with Crippen molar-refractivity contribution in [2.45, 2.75) is 13.8 Å². The molecule has 1 amide bonds. The number of carbonyl (C=O) groups excluding carboxylic acids is 1. The van der Waals surface area contributed by atoms with Crippen LogP contribution in [-0.4, -0.2) is 49.1 Å². The van der Waals surface area contributed by atoms with Crippen molar-refractivity contribution in [3.8, 4) is 0 Å². The molecule has 7 nitrogen and oxygen atoms in total. The third kappa shape index (κ3) is 4.16. The molecular formula is C14H21N3O4. The third-order valence-corrected chi connectivity index (χ3v) is 3.10. The lowest BCUT2D eigenvalue weighted by atomic mass is 10.1. The van der Waals surface area contributed by atoms with Crippen molar-refractivity contribution in [2.75, 3.05) is 38.7 Å². The Morgan fingerprint density at radius 3 is 2.67 bits per heavy atom. The first-order valence-electron chi connectivity index (χ1n) is 6.88. The molecule has 1 rings (SSSR count). The predicted molar refractivity (Wildman–Crippen MR) is 80.7 cm³/mol. The Hall–Kier alpha value is -2.15. The van der Waals surface area contributed by atoms with E-state index >= 15 is 0 Å². The summed E-state index contributed by atoms with van der Waals surface area (Å²) in [4.78, 5) is 24.8. The number of ether oxygens (including phenoxy) is 1. The zero-order chi connectivity index (χ0) is 15.8. The molecule has 0 fully saturated rings. The van der Waals surface area contributed by atoms with Gasteiger partial charge in [-0.2, -0.15) is 0 Å². The van der Waals surface area contributed by atoms with Gasteiger partial charge in [0.2, 0.25) is 0 Å². The van der Waals surface area contributed by atoms with Crippen LogP contribution in [0.4, 0.5) is 11.4 Å². The van der Waals surface area contributed by atoms with Gasteiger partial charge >= 0.3 is 5.69 Å². The molecule has 0 aliphatic heterocycles. The van der Waals surface area contributed by atoms with Crippen LogP contribution in [0.5, 0.6) is 0 Å². The first-order valence-corrected chi connectivity index (χ1v) is 6.88. The van der Waals surface area contributed by atoms with E-state index in [2.05, 4.69) is 5.32 Å². The van der Waals surface area contributed by atoms with Gasteiger partial charge in [0.05, 0.1) is 11.5 Å². The molecule has 0 spiro atoms. The number of amides is 1. The molecule has 0 aliphatic rings. The molecule has 0 radical (unpaired) electrons. The van der Waals surface area contributed by atoms with Gasteiger partial charge in [0.15, 0.2) is 0 Å². The molecule has 0 unspecified atom stereocenters. The lowest BCUT2D eigenvalue weighted by molar-refractivity contribution is -0.384. The van der Waals surface area contributed by atoms with Gasteiger partial charge in [-0.15, -0.1) is 0 Å². The van der Waals surface area contributed by atoms with Gasteiger partial charge in [0.25, 0.3) is 5.91 Å². The second-order valence-electron chi connectivity index (χ2n) is 4.29. The molecule has 0 aliphatic carbocycles. The van der Waals surface area contributed by atoms with Gasteiger partial charge in [-0.25, -0.2) is 0 Å². The molecule has 0 atom stereocenters. The molecule has 0 aromatic heterocycles. The highest BCUT2D eigenvalue weighted by Crippen LogP contribution is 2.29. The Labute approximate surface area is 124 Å². The molecule has 116 valence electrons. The van der Waals surface area contributed by atoms with Crippen LogP contribution < -0.4 is 5.32 Å². The van der Waals surface area contributed by atoms with Crippen LogP contribution in [0.15, 0.2) is 18.2 Å². The van der Waals surface area contributed by atoms with Crippen molar-refractivity contribution < 1.29 is 14.5 Å². The number of nitro benzene ring substituents is 1. The largest absolute Gasteiger partial charge is 0.383 e. The summed E-state index contributed by atoms with van der Waals surface area (Å²) >= 11 is 0. The normalized spacial score (nSPS) is 10.2. The number of hydrogen-bond acceptors (Lipinski definition) is 5. The number of nitrogens with zero attached hydrogens (tertiary/aromatic N) is 2. The number of likely N-dealkylation sites (N-methyl/N-ethyl adjacent to an activating group) is 1. The fourth-order valence-electron chi connectivity index (χ4n) is 2.01. The van der Waals surface area contributed by atoms with Gasteiger partial charge in [0.1, 0.15) is 11.3 Å². The summed E-state index contributed by atoms with van der Waals surface area (Å²) in [5.74, 6) is -0.360. The molecule has 1 aromatic carbocycles. The Balaban J connectivity index is 3.07. The molecule has 21 heavy (non-hydrogen) atoms. The van der Waals surface area contributed by atoms with Crippen molar-refractivity contribution in [3.05, 3.63) is 33.9 Å². The number of nitro groups is 1. The van der Waals surface area contributed by atoms with E-state index in [-0.39, 0.29) is 17.2 Å². The molecule has 1 N–H and O–H groups in total. The molecule has 0 bridgehead atoms. The Kier molecular flexibility index (Phi) is 6.61. The maximum absolute atomic E-state index is 12.5. The summed E-state index contributed by atoms with van der Waals surface area (Å²) in [6.07, 6.45) is 0. The zero-order valence-corrected chi connectivity index (χ0v) is 12.6. The smallest absolute Gasteiger partial charge is 0.305 e. The highest BCUT2D eigenvalue weighted by Gasteiger charge is 2.26. The molecule has 0 saturated heterocycles. The quantitative estimate of drug-likeness (QED) is 0.451. The van der Waals surface area contributed by atoms with E-state index in [0.717, 1.165) is 0 Å². The zero-order valence-electron chi connectivity index (χ0n) is 12.6. The summed E-state index contributed by atoms with van der Waals surface area (Å²) in [7, 11) is 1.59. The average molecular weight is 295 g/mol. The number of hydrogen-bond donors (Lipinski definition) is 1. The second-order valence-corrected chi connectivity index (χ2v) is 4.29. The average Bonchev–Trinajstić information content (AvgIpc) is 2.50.